The molecular weight excluding hydrogens is 327 g/mol. The fourth-order valence-corrected chi connectivity index (χ4v) is 4.97. The van der Waals surface area contributed by atoms with E-state index in [9.17, 15) is 4.79 Å². The Morgan fingerprint density at radius 3 is 1.40 bits per heavy atom. The maximum absolute atomic E-state index is 11.8. The van der Waals surface area contributed by atoms with Crippen LogP contribution in [0.5, 0.6) is 0 Å². The van der Waals surface area contributed by atoms with Crippen LogP contribution in [0.4, 0.5) is 0 Å². The second kappa shape index (κ2) is 9.24. The molecular formula is C21H29N2OP. The molecule has 0 aromatic heterocycles. The van der Waals surface area contributed by atoms with Crippen molar-refractivity contribution in [3.63, 3.8) is 0 Å². The summed E-state index contributed by atoms with van der Waals surface area (Å²) >= 11 is 0. The number of rotatable bonds is 8. The minimum atomic E-state index is -0.633. The van der Waals surface area contributed by atoms with Crippen LogP contribution in [0.25, 0.3) is 0 Å². The summed E-state index contributed by atoms with van der Waals surface area (Å²) in [6, 6.07) is 17.5. The van der Waals surface area contributed by atoms with Crippen molar-refractivity contribution in [3.05, 3.63) is 59.7 Å². The molecule has 0 N–H and O–H groups in total. The van der Waals surface area contributed by atoms with Gasteiger partial charge in [0.15, 0.2) is 0 Å². The van der Waals surface area contributed by atoms with E-state index in [4.69, 9.17) is 0 Å². The Balaban J connectivity index is 2.24. The summed E-state index contributed by atoms with van der Waals surface area (Å²) in [5, 5.41) is 2.54. The number of ketones is 1. The largest absolute Gasteiger partial charge is 0.305 e. The molecule has 134 valence electrons. The third-order valence-corrected chi connectivity index (χ3v) is 6.48. The molecule has 0 atom stereocenters. The van der Waals surface area contributed by atoms with Gasteiger partial charge in [-0.05, 0) is 64.8 Å². The molecule has 0 bridgehead atoms. The van der Waals surface area contributed by atoms with E-state index in [0.717, 1.165) is 13.1 Å². The van der Waals surface area contributed by atoms with Crippen molar-refractivity contribution in [2.24, 2.45) is 0 Å². The molecule has 0 heterocycles. The van der Waals surface area contributed by atoms with Gasteiger partial charge in [0, 0.05) is 19.3 Å². The molecule has 0 spiro atoms. The number of hydrogen-bond donors (Lipinski definition) is 0. The highest BCUT2D eigenvalue weighted by atomic mass is 31.1. The summed E-state index contributed by atoms with van der Waals surface area (Å²) in [5.41, 5.74) is 2.60. The van der Waals surface area contributed by atoms with Crippen LogP contribution in [-0.2, 0) is 17.9 Å². The minimum absolute atomic E-state index is 0.251. The van der Waals surface area contributed by atoms with Gasteiger partial charge in [-0.1, -0.05) is 48.5 Å². The first kappa shape index (κ1) is 19.8. The molecule has 0 unspecified atom stereocenters. The van der Waals surface area contributed by atoms with Crippen LogP contribution in [-0.4, -0.2) is 49.9 Å². The molecule has 25 heavy (non-hydrogen) atoms. The highest BCUT2D eigenvalue weighted by Crippen LogP contribution is 2.33. The molecule has 2 aromatic rings. The molecule has 0 radical (unpaired) electrons. The average molecular weight is 356 g/mol. The van der Waals surface area contributed by atoms with Crippen molar-refractivity contribution >= 4 is 24.3 Å². The summed E-state index contributed by atoms with van der Waals surface area (Å²) < 4.78 is 0. The van der Waals surface area contributed by atoms with Crippen molar-refractivity contribution in [1.82, 2.24) is 9.80 Å². The van der Waals surface area contributed by atoms with Crippen molar-refractivity contribution in [2.75, 3.05) is 34.4 Å². The zero-order valence-corrected chi connectivity index (χ0v) is 16.9. The van der Waals surface area contributed by atoms with Crippen molar-refractivity contribution in [3.8, 4) is 0 Å². The van der Waals surface area contributed by atoms with Gasteiger partial charge in [-0.25, -0.2) is 0 Å². The summed E-state index contributed by atoms with van der Waals surface area (Å²) in [7, 11) is 7.67. The van der Waals surface area contributed by atoms with E-state index in [1.165, 1.54) is 21.7 Å². The normalized spacial score (nSPS) is 11.5. The van der Waals surface area contributed by atoms with E-state index in [1.807, 2.05) is 0 Å². The maximum Gasteiger partial charge on any atom is 0.134 e. The second-order valence-corrected chi connectivity index (χ2v) is 9.30. The minimum Gasteiger partial charge on any atom is -0.305 e. The highest BCUT2D eigenvalue weighted by molar-refractivity contribution is 7.73. The molecule has 0 amide bonds. The van der Waals surface area contributed by atoms with Crippen molar-refractivity contribution in [1.29, 1.82) is 0 Å². The summed E-state index contributed by atoms with van der Waals surface area (Å²) in [5.74, 6) is 0.251. The van der Waals surface area contributed by atoms with E-state index < -0.39 is 7.92 Å². The predicted octanol–water partition coefficient (Wildman–Crippen LogP) is 2.83. The first-order valence-corrected chi connectivity index (χ1v) is 10.1. The van der Waals surface area contributed by atoms with Crippen LogP contribution in [0.3, 0.4) is 0 Å². The van der Waals surface area contributed by atoms with Crippen molar-refractivity contribution in [2.45, 2.75) is 20.0 Å². The molecule has 0 fully saturated rings. The molecule has 0 saturated carbocycles. The van der Waals surface area contributed by atoms with Crippen LogP contribution >= 0.6 is 7.92 Å². The van der Waals surface area contributed by atoms with E-state index in [-0.39, 0.29) is 5.78 Å². The van der Waals surface area contributed by atoms with E-state index >= 15 is 0 Å². The van der Waals surface area contributed by atoms with Gasteiger partial charge in [0.1, 0.15) is 5.78 Å². The van der Waals surface area contributed by atoms with Gasteiger partial charge < -0.3 is 9.80 Å². The van der Waals surface area contributed by atoms with E-state index in [2.05, 4.69) is 86.5 Å². The number of hydrogen-bond acceptors (Lipinski definition) is 3. The predicted molar refractivity (Wildman–Crippen MR) is 109 cm³/mol. The maximum atomic E-state index is 11.8. The topological polar surface area (TPSA) is 23.6 Å². The molecule has 3 nitrogen and oxygen atoms in total. The number of carbonyl (C=O) groups excluding carboxylic acids is 1. The number of carbonyl (C=O) groups is 1. The van der Waals surface area contributed by atoms with Gasteiger partial charge in [-0.2, -0.15) is 0 Å². The molecule has 0 saturated heterocycles. The lowest BCUT2D eigenvalue weighted by molar-refractivity contribution is -0.114. The molecule has 0 aliphatic heterocycles. The number of nitrogens with zero attached hydrogens (tertiary/aromatic N) is 2. The van der Waals surface area contributed by atoms with Gasteiger partial charge >= 0.3 is 0 Å². The Morgan fingerprint density at radius 1 is 0.760 bits per heavy atom. The Kier molecular flexibility index (Phi) is 7.31. The Bertz CT molecular complexity index is 625. The zero-order chi connectivity index (χ0) is 18.4. The van der Waals surface area contributed by atoms with Gasteiger partial charge in [-0.15, -0.1) is 0 Å². The number of Topliss-reactive ketones (excluding diaryl/α,β-unsaturated/α-hetero) is 1. The Hall–Kier alpha value is -1.54. The Labute approximate surface area is 153 Å². The molecule has 2 rings (SSSR count). The summed E-state index contributed by atoms with van der Waals surface area (Å²) in [6.07, 6.45) is 0.607. The van der Waals surface area contributed by atoms with Gasteiger partial charge in [0.05, 0.1) is 0 Å². The van der Waals surface area contributed by atoms with Crippen LogP contribution in [0, 0.1) is 0 Å². The lowest BCUT2D eigenvalue weighted by Gasteiger charge is -2.19. The third kappa shape index (κ3) is 6.36. The van der Waals surface area contributed by atoms with Gasteiger partial charge in [-0.3, -0.25) is 4.79 Å². The SMILES string of the molecule is CC(=O)CP(c1ccc(CN(C)C)cc1)c1ccc(CN(C)C)cc1. The lowest BCUT2D eigenvalue weighted by atomic mass is 10.2. The first-order chi connectivity index (χ1) is 11.8. The smallest absolute Gasteiger partial charge is 0.134 e. The summed E-state index contributed by atoms with van der Waals surface area (Å²) in [4.78, 5) is 16.2. The second-order valence-electron chi connectivity index (χ2n) is 7.10. The fourth-order valence-electron chi connectivity index (χ4n) is 2.85. The van der Waals surface area contributed by atoms with Crippen LogP contribution in [0.1, 0.15) is 18.1 Å². The molecule has 0 aliphatic carbocycles. The molecule has 0 aliphatic rings. The fraction of sp³-hybridized carbons (Fsp3) is 0.381. The molecule has 4 heteroatoms. The third-order valence-electron chi connectivity index (χ3n) is 3.87. The summed E-state index contributed by atoms with van der Waals surface area (Å²) in [6.45, 7) is 3.56. The zero-order valence-electron chi connectivity index (χ0n) is 16.0. The van der Waals surface area contributed by atoms with Gasteiger partial charge in [0.2, 0.25) is 0 Å². The lowest BCUT2D eigenvalue weighted by Crippen LogP contribution is -2.18. The van der Waals surface area contributed by atoms with E-state index in [0.29, 0.717) is 6.16 Å². The van der Waals surface area contributed by atoms with Crippen molar-refractivity contribution < 1.29 is 4.79 Å². The van der Waals surface area contributed by atoms with Gasteiger partial charge in [0.25, 0.3) is 0 Å². The monoisotopic (exact) mass is 356 g/mol. The van der Waals surface area contributed by atoms with E-state index in [1.54, 1.807) is 6.92 Å². The van der Waals surface area contributed by atoms with Crippen LogP contribution in [0.15, 0.2) is 48.5 Å². The standard InChI is InChI=1S/C21H29N2OP/c1-17(24)16-25(20-10-6-18(7-11-20)14-22(2)3)21-12-8-19(9-13-21)15-23(4)5/h6-13H,14-16H2,1-5H3. The average Bonchev–Trinajstić information content (AvgIpc) is 2.53. The first-order valence-electron chi connectivity index (χ1n) is 8.59. The Morgan fingerprint density at radius 2 is 1.12 bits per heavy atom. The highest BCUT2D eigenvalue weighted by Gasteiger charge is 2.16. The number of benzene rings is 2. The molecule has 2 aromatic carbocycles. The van der Waals surface area contributed by atoms with Crippen LogP contribution < -0.4 is 10.6 Å². The quantitative estimate of drug-likeness (QED) is 0.680. The van der Waals surface area contributed by atoms with Crippen LogP contribution in [0.2, 0.25) is 0 Å².